The fourth-order valence-electron chi connectivity index (χ4n) is 7.36. The molecule has 0 aromatic heterocycles. The van der Waals surface area contributed by atoms with E-state index in [1.165, 1.54) is 38.5 Å². The van der Waals surface area contributed by atoms with Crippen molar-refractivity contribution in [2.24, 2.45) is 0 Å². The number of ether oxygens (including phenoxy) is 3. The summed E-state index contributed by atoms with van der Waals surface area (Å²) in [5.41, 5.74) is 0. The van der Waals surface area contributed by atoms with Crippen molar-refractivity contribution in [2.45, 2.75) is 245 Å². The zero-order valence-electron chi connectivity index (χ0n) is 47.6. The molecule has 18 heteroatoms. The van der Waals surface area contributed by atoms with Gasteiger partial charge in [-0.05, 0) is 103 Å². The van der Waals surface area contributed by atoms with E-state index in [4.69, 9.17) is 32.3 Å². The van der Waals surface area contributed by atoms with Gasteiger partial charge in [0.1, 0.15) is 25.4 Å². The summed E-state index contributed by atoms with van der Waals surface area (Å²) in [4.78, 5) is 57.9. The third-order valence-electron chi connectivity index (χ3n) is 11.9. The largest absolute Gasteiger partial charge is 0.472 e. The van der Waals surface area contributed by atoms with Crippen LogP contribution in [0.4, 0.5) is 0 Å². The molecule has 0 aromatic rings. The minimum Gasteiger partial charge on any atom is -0.463 e. The van der Waals surface area contributed by atoms with Gasteiger partial charge in [0.15, 0.2) is 6.10 Å². The van der Waals surface area contributed by atoms with Crippen molar-refractivity contribution in [1.29, 1.82) is 0 Å². The van der Waals surface area contributed by atoms with Crippen LogP contribution in [0.1, 0.15) is 226 Å². The first-order valence-electron chi connectivity index (χ1n) is 29.2. The summed E-state index contributed by atoms with van der Waals surface area (Å²) < 4.78 is 60.5. The van der Waals surface area contributed by atoms with Crippen LogP contribution >= 0.6 is 15.6 Å². The quantitative estimate of drug-likeness (QED) is 0.0146. The average Bonchev–Trinajstić information content (AvgIpc) is 3.40. The molecule has 0 aromatic carbocycles. The Balaban J connectivity index is 4.66. The number of aliphatic hydroxyl groups is 2. The van der Waals surface area contributed by atoms with Crippen LogP contribution in [0.5, 0.6) is 0 Å². The number of hydrogen-bond donors (Lipinski definition) is 4. The van der Waals surface area contributed by atoms with Crippen LogP contribution in [0.25, 0.3) is 0 Å². The maximum absolute atomic E-state index is 12.8. The van der Waals surface area contributed by atoms with E-state index in [9.17, 15) is 43.5 Å². The van der Waals surface area contributed by atoms with Gasteiger partial charge in [-0.25, -0.2) is 9.13 Å². The van der Waals surface area contributed by atoms with E-state index < -0.39 is 91.5 Å². The lowest BCUT2D eigenvalue weighted by Crippen LogP contribution is -2.30. The number of rotatable bonds is 55. The number of unbranched alkanes of at least 4 members (excludes halogenated alkanes) is 20. The fraction of sp³-hybridized carbons (Fsp3) is 0.746. The molecule has 0 saturated carbocycles. The third kappa shape index (κ3) is 54.7. The molecule has 0 fully saturated rings. The highest BCUT2D eigenvalue weighted by Crippen LogP contribution is 2.45. The Bertz CT molecular complexity index is 1710. The first-order chi connectivity index (χ1) is 37.2. The van der Waals surface area contributed by atoms with Gasteiger partial charge in [-0.3, -0.25) is 32.5 Å². The highest BCUT2D eigenvalue weighted by atomic mass is 31.2. The molecule has 0 aliphatic carbocycles. The van der Waals surface area contributed by atoms with Gasteiger partial charge < -0.3 is 34.2 Å². The second-order valence-corrected chi connectivity index (χ2v) is 22.3. The number of carbonyl (C=O) groups excluding carboxylic acids is 3. The van der Waals surface area contributed by atoms with Crippen LogP contribution in [0, 0.1) is 0 Å². The SMILES string of the molecule is CC/C=C\C/C=C\C/C=C\C/C=C\CCCCCCC(=O)OCC(O)COP(=O)(O)OCC(O)COP(=O)(O)OCC(COC(=O)CCCCCCC/C=C\CCCCCC)OC(=O)CCCCCCC/C=C\CCCC. The van der Waals surface area contributed by atoms with Gasteiger partial charge in [-0.2, -0.15) is 0 Å². The number of phosphoric acid groups is 2. The second-order valence-electron chi connectivity index (χ2n) is 19.4. The Morgan fingerprint density at radius 3 is 1.14 bits per heavy atom. The van der Waals surface area contributed by atoms with Crippen molar-refractivity contribution < 1.29 is 75.8 Å². The zero-order chi connectivity index (χ0) is 56.8. The van der Waals surface area contributed by atoms with Gasteiger partial charge in [0.2, 0.25) is 0 Å². The number of hydrogen-bond acceptors (Lipinski definition) is 14. The highest BCUT2D eigenvalue weighted by Gasteiger charge is 2.29. The molecule has 0 spiro atoms. The molecule has 0 radical (unpaired) electrons. The minimum absolute atomic E-state index is 0.0930. The Morgan fingerprint density at radius 1 is 0.377 bits per heavy atom. The summed E-state index contributed by atoms with van der Waals surface area (Å²) in [6.07, 6.45) is 51.3. The van der Waals surface area contributed by atoms with Crippen molar-refractivity contribution in [1.82, 2.24) is 0 Å². The van der Waals surface area contributed by atoms with E-state index in [0.29, 0.717) is 19.3 Å². The van der Waals surface area contributed by atoms with Gasteiger partial charge in [0, 0.05) is 19.3 Å². The van der Waals surface area contributed by atoms with Crippen molar-refractivity contribution >= 4 is 33.6 Å². The summed E-state index contributed by atoms with van der Waals surface area (Å²) in [5, 5.41) is 20.4. The molecule has 0 rings (SSSR count). The van der Waals surface area contributed by atoms with Crippen molar-refractivity contribution in [2.75, 3.05) is 39.6 Å². The summed E-state index contributed by atoms with van der Waals surface area (Å²) in [6, 6.07) is 0. The summed E-state index contributed by atoms with van der Waals surface area (Å²) in [6.45, 7) is 2.41. The molecule has 0 aliphatic rings. The first-order valence-corrected chi connectivity index (χ1v) is 32.2. The lowest BCUT2D eigenvalue weighted by Gasteiger charge is -2.21. The summed E-state index contributed by atoms with van der Waals surface area (Å²) in [7, 11) is -9.76. The molecule has 16 nitrogen and oxygen atoms in total. The van der Waals surface area contributed by atoms with E-state index in [1.807, 2.05) is 0 Å². The van der Waals surface area contributed by atoms with E-state index in [0.717, 1.165) is 128 Å². The lowest BCUT2D eigenvalue weighted by molar-refractivity contribution is -0.161. The Labute approximate surface area is 464 Å². The number of phosphoric ester groups is 2. The Hall–Kier alpha value is -3.01. The second kappa shape index (κ2) is 53.6. The van der Waals surface area contributed by atoms with Crippen molar-refractivity contribution in [3.05, 3.63) is 72.9 Å². The summed E-state index contributed by atoms with van der Waals surface area (Å²) in [5.74, 6) is -1.62. The van der Waals surface area contributed by atoms with Crippen LogP contribution in [0.3, 0.4) is 0 Å². The lowest BCUT2D eigenvalue weighted by atomic mass is 10.1. The predicted octanol–water partition coefficient (Wildman–Crippen LogP) is 14.9. The van der Waals surface area contributed by atoms with Crippen molar-refractivity contribution in [3.8, 4) is 0 Å². The standard InChI is InChI=1S/C59H104O16P2/c1-4-7-10-13-16-19-22-24-25-26-27-29-32-33-36-39-42-45-57(62)69-48-54(60)49-71-76(65,66)72-50-55(61)51-73-77(67,68)74-53-56(75-59(64)47-44-41-38-35-30-21-18-15-12-9-6-3)52-70-58(63)46-43-40-37-34-31-28-23-20-17-14-11-8-5-2/h7,10,15-16,18-20,23-25,27,29,54-56,60-61H,4-6,8-9,11-14,17,21-22,26,28,30-53H2,1-3H3,(H,65,66)(H,67,68)/b10-7-,18-15-,19-16-,23-20-,25-24-,29-27-. The Kier molecular flexibility index (Phi) is 51.5. The topological polar surface area (TPSA) is 231 Å². The Morgan fingerprint density at radius 2 is 0.701 bits per heavy atom. The smallest absolute Gasteiger partial charge is 0.463 e. The van der Waals surface area contributed by atoms with Gasteiger partial charge >= 0.3 is 33.6 Å². The molecule has 0 saturated heterocycles. The number of allylic oxidation sites excluding steroid dienone is 12. The van der Waals surface area contributed by atoms with Crippen molar-refractivity contribution in [3.63, 3.8) is 0 Å². The molecule has 4 N–H and O–H groups in total. The number of aliphatic hydroxyl groups excluding tert-OH is 2. The van der Waals surface area contributed by atoms with Crippen LogP contribution in [-0.4, -0.2) is 95.9 Å². The number of esters is 3. The molecular weight excluding hydrogens is 1030 g/mol. The molecule has 77 heavy (non-hydrogen) atoms. The van der Waals surface area contributed by atoms with Gasteiger partial charge in [0.05, 0.1) is 26.4 Å². The molecule has 0 heterocycles. The fourth-order valence-corrected chi connectivity index (χ4v) is 8.94. The molecule has 446 valence electrons. The van der Waals surface area contributed by atoms with Crippen LogP contribution < -0.4 is 0 Å². The monoisotopic (exact) mass is 1130 g/mol. The van der Waals surface area contributed by atoms with E-state index in [1.54, 1.807) is 0 Å². The predicted molar refractivity (Wildman–Crippen MR) is 307 cm³/mol. The first kappa shape index (κ1) is 74.0. The van der Waals surface area contributed by atoms with Gasteiger partial charge in [0.25, 0.3) is 0 Å². The summed E-state index contributed by atoms with van der Waals surface area (Å²) >= 11 is 0. The van der Waals surface area contributed by atoms with Crippen LogP contribution in [0.15, 0.2) is 72.9 Å². The number of carbonyl (C=O) groups is 3. The van der Waals surface area contributed by atoms with Crippen LogP contribution in [0.2, 0.25) is 0 Å². The molecule has 5 unspecified atom stereocenters. The molecular formula is C59H104O16P2. The molecule has 0 aliphatic heterocycles. The van der Waals surface area contributed by atoms with E-state index in [-0.39, 0.29) is 19.3 Å². The van der Waals surface area contributed by atoms with E-state index >= 15 is 0 Å². The van der Waals surface area contributed by atoms with E-state index in [2.05, 4.69) is 93.7 Å². The zero-order valence-corrected chi connectivity index (χ0v) is 49.4. The maximum atomic E-state index is 12.8. The molecule has 5 atom stereocenters. The molecule has 0 bridgehead atoms. The van der Waals surface area contributed by atoms with Gasteiger partial charge in [-0.15, -0.1) is 0 Å². The highest BCUT2D eigenvalue weighted by molar-refractivity contribution is 7.47. The van der Waals surface area contributed by atoms with Gasteiger partial charge in [-0.1, -0.05) is 177 Å². The normalized spacial score (nSPS) is 15.1. The van der Waals surface area contributed by atoms with Crippen LogP contribution in [-0.2, 0) is 55.8 Å². The third-order valence-corrected chi connectivity index (χ3v) is 13.8. The molecule has 0 amide bonds. The average molecular weight is 1130 g/mol. The minimum atomic E-state index is -4.91. The maximum Gasteiger partial charge on any atom is 0.472 e.